The molecule has 0 saturated carbocycles. The Hall–Kier alpha value is -0.450. The molecule has 1 aromatic heterocycles. The maximum atomic E-state index is 6.12. The van der Waals surface area contributed by atoms with Crippen LogP contribution in [0.4, 0.5) is 5.82 Å². The van der Waals surface area contributed by atoms with Crippen molar-refractivity contribution in [1.29, 1.82) is 0 Å². The van der Waals surface area contributed by atoms with E-state index in [2.05, 4.69) is 35.4 Å². The summed E-state index contributed by atoms with van der Waals surface area (Å²) in [7, 11) is 2.06. The second-order valence-electron chi connectivity index (χ2n) is 3.79. The molecule has 0 bridgehead atoms. The van der Waals surface area contributed by atoms with Gasteiger partial charge in [-0.25, -0.2) is 4.98 Å². The maximum absolute atomic E-state index is 6.12. The van der Waals surface area contributed by atoms with Crippen LogP contribution in [0.5, 0.6) is 0 Å². The highest BCUT2D eigenvalue weighted by atomic mass is 35.5. The zero-order valence-electron chi connectivity index (χ0n) is 10.7. The van der Waals surface area contributed by atoms with Crippen LogP contribution in [0.2, 0.25) is 5.02 Å². The molecule has 0 spiro atoms. The van der Waals surface area contributed by atoms with Gasteiger partial charge in [0.15, 0.2) is 0 Å². The molecule has 0 fully saturated rings. The molecule has 3 nitrogen and oxygen atoms in total. The third kappa shape index (κ3) is 4.74. The van der Waals surface area contributed by atoms with Gasteiger partial charge in [-0.15, -0.1) is 0 Å². The van der Waals surface area contributed by atoms with Gasteiger partial charge < -0.3 is 10.2 Å². The zero-order valence-corrected chi connectivity index (χ0v) is 12.2. The van der Waals surface area contributed by atoms with Gasteiger partial charge in [-0.3, -0.25) is 0 Å². The molecular formula is C12H20ClN3S. The summed E-state index contributed by atoms with van der Waals surface area (Å²) >= 11 is 7.95. The van der Waals surface area contributed by atoms with Crippen molar-refractivity contribution in [2.75, 3.05) is 37.0 Å². The van der Waals surface area contributed by atoms with Crippen molar-refractivity contribution < 1.29 is 0 Å². The number of aromatic nitrogens is 1. The summed E-state index contributed by atoms with van der Waals surface area (Å²) in [6.45, 7) is 4.71. The third-order valence-electron chi connectivity index (χ3n) is 2.47. The van der Waals surface area contributed by atoms with Crippen molar-refractivity contribution in [3.8, 4) is 0 Å². The fourth-order valence-corrected chi connectivity index (χ4v) is 2.02. The molecular weight excluding hydrogens is 254 g/mol. The highest BCUT2D eigenvalue weighted by Crippen LogP contribution is 2.18. The third-order valence-corrected chi connectivity index (χ3v) is 3.40. The van der Waals surface area contributed by atoms with Gasteiger partial charge in [-0.05, 0) is 24.9 Å². The van der Waals surface area contributed by atoms with E-state index in [-0.39, 0.29) is 0 Å². The second-order valence-corrected chi connectivity index (χ2v) is 5.19. The lowest BCUT2D eigenvalue weighted by Gasteiger charge is -2.18. The largest absolute Gasteiger partial charge is 0.359 e. The molecule has 1 aromatic rings. The van der Waals surface area contributed by atoms with Crippen LogP contribution in [0.3, 0.4) is 0 Å². The molecule has 0 aromatic carbocycles. The minimum atomic E-state index is 0.722. The Morgan fingerprint density at radius 3 is 2.88 bits per heavy atom. The predicted octanol–water partition coefficient (Wildman–Crippen LogP) is 2.64. The highest BCUT2D eigenvalue weighted by Gasteiger charge is 2.06. The van der Waals surface area contributed by atoms with E-state index >= 15 is 0 Å². The van der Waals surface area contributed by atoms with Crippen molar-refractivity contribution in [2.24, 2.45) is 0 Å². The smallest absolute Gasteiger partial charge is 0.128 e. The van der Waals surface area contributed by atoms with Gasteiger partial charge in [0.05, 0.1) is 10.7 Å². The lowest BCUT2D eigenvalue weighted by molar-refractivity contribution is 0.709. The van der Waals surface area contributed by atoms with Gasteiger partial charge in [0, 0.05) is 25.9 Å². The first-order chi connectivity index (χ1) is 8.19. The number of pyridine rings is 1. The first kappa shape index (κ1) is 14.6. The Kier molecular flexibility index (Phi) is 6.70. The number of nitrogens with one attached hydrogen (secondary N) is 1. The topological polar surface area (TPSA) is 28.2 Å². The number of nitrogens with zero attached hydrogens (tertiary/aromatic N) is 2. The Morgan fingerprint density at radius 2 is 2.24 bits per heavy atom. The zero-order chi connectivity index (χ0) is 12.7. The first-order valence-corrected chi connectivity index (χ1v) is 7.52. The normalized spacial score (nSPS) is 10.6. The molecule has 0 amide bonds. The SMILES string of the molecule is CCNCc1nc(N(C)CCSC)ccc1Cl. The molecule has 0 aliphatic heterocycles. The maximum Gasteiger partial charge on any atom is 0.128 e. The van der Waals surface area contributed by atoms with Gasteiger partial charge in [-0.2, -0.15) is 11.8 Å². The quantitative estimate of drug-likeness (QED) is 0.827. The number of thioether (sulfide) groups is 1. The van der Waals surface area contributed by atoms with Crippen LogP contribution in [0.25, 0.3) is 0 Å². The summed E-state index contributed by atoms with van der Waals surface area (Å²) in [5.74, 6) is 2.08. The summed E-state index contributed by atoms with van der Waals surface area (Å²) < 4.78 is 0. The lowest BCUT2D eigenvalue weighted by atomic mass is 10.3. The molecule has 1 rings (SSSR count). The Bertz CT molecular complexity index is 347. The van der Waals surface area contributed by atoms with E-state index in [1.807, 2.05) is 23.9 Å². The molecule has 0 unspecified atom stereocenters. The monoisotopic (exact) mass is 273 g/mol. The van der Waals surface area contributed by atoms with Crippen LogP contribution < -0.4 is 10.2 Å². The second kappa shape index (κ2) is 7.80. The standard InChI is InChI=1S/C12H20ClN3S/c1-4-14-9-11-10(13)5-6-12(15-11)16(2)7-8-17-3/h5-6,14H,4,7-9H2,1-3H3. The predicted molar refractivity (Wildman–Crippen MR) is 78.3 cm³/mol. The van der Waals surface area contributed by atoms with Crippen LogP contribution in [0.15, 0.2) is 12.1 Å². The fraction of sp³-hybridized carbons (Fsp3) is 0.583. The van der Waals surface area contributed by atoms with E-state index in [4.69, 9.17) is 11.6 Å². The van der Waals surface area contributed by atoms with Gasteiger partial charge in [0.1, 0.15) is 5.82 Å². The summed E-state index contributed by atoms with van der Waals surface area (Å²) in [5, 5.41) is 3.97. The average Bonchev–Trinajstić information content (AvgIpc) is 2.35. The average molecular weight is 274 g/mol. The first-order valence-electron chi connectivity index (χ1n) is 5.75. The molecule has 17 heavy (non-hydrogen) atoms. The van der Waals surface area contributed by atoms with E-state index < -0.39 is 0 Å². The molecule has 0 aliphatic rings. The molecule has 1 N–H and O–H groups in total. The van der Waals surface area contributed by atoms with E-state index in [1.54, 1.807) is 0 Å². The summed E-state index contributed by atoms with van der Waals surface area (Å²) in [6.07, 6.45) is 2.11. The fourth-order valence-electron chi connectivity index (χ4n) is 1.40. The van der Waals surface area contributed by atoms with Gasteiger partial charge in [0.2, 0.25) is 0 Å². The van der Waals surface area contributed by atoms with E-state index in [1.165, 1.54) is 0 Å². The minimum absolute atomic E-state index is 0.722. The van der Waals surface area contributed by atoms with Crippen LogP contribution in [0, 0.1) is 0 Å². The van der Waals surface area contributed by atoms with Crippen LogP contribution in [0.1, 0.15) is 12.6 Å². The minimum Gasteiger partial charge on any atom is -0.359 e. The molecule has 1 heterocycles. The Balaban J connectivity index is 2.72. The van der Waals surface area contributed by atoms with Gasteiger partial charge >= 0.3 is 0 Å². The van der Waals surface area contributed by atoms with Crippen LogP contribution in [-0.4, -0.2) is 37.1 Å². The summed E-state index contributed by atoms with van der Waals surface area (Å²) in [4.78, 5) is 6.74. The summed E-state index contributed by atoms with van der Waals surface area (Å²) in [5.41, 5.74) is 0.919. The van der Waals surface area contributed by atoms with Crippen molar-refractivity contribution in [3.05, 3.63) is 22.8 Å². The van der Waals surface area contributed by atoms with E-state index in [0.29, 0.717) is 0 Å². The highest BCUT2D eigenvalue weighted by molar-refractivity contribution is 7.98. The Morgan fingerprint density at radius 1 is 1.47 bits per heavy atom. The number of hydrogen-bond donors (Lipinski definition) is 1. The van der Waals surface area contributed by atoms with Crippen LogP contribution in [-0.2, 0) is 6.54 Å². The molecule has 96 valence electrons. The van der Waals surface area contributed by atoms with Crippen LogP contribution >= 0.6 is 23.4 Å². The number of halogens is 1. The van der Waals surface area contributed by atoms with Gasteiger partial charge in [-0.1, -0.05) is 18.5 Å². The van der Waals surface area contributed by atoms with Crippen molar-refractivity contribution in [1.82, 2.24) is 10.3 Å². The lowest BCUT2D eigenvalue weighted by Crippen LogP contribution is -2.22. The molecule has 5 heteroatoms. The van der Waals surface area contributed by atoms with Crippen molar-refractivity contribution in [2.45, 2.75) is 13.5 Å². The molecule has 0 atom stereocenters. The molecule has 0 aliphatic carbocycles. The molecule has 0 saturated heterocycles. The summed E-state index contributed by atoms with van der Waals surface area (Å²) in [6, 6.07) is 3.89. The Labute approximate surface area is 113 Å². The van der Waals surface area contributed by atoms with Crippen molar-refractivity contribution in [3.63, 3.8) is 0 Å². The molecule has 0 radical (unpaired) electrons. The number of rotatable bonds is 7. The number of hydrogen-bond acceptors (Lipinski definition) is 4. The van der Waals surface area contributed by atoms with Gasteiger partial charge in [0.25, 0.3) is 0 Å². The van der Waals surface area contributed by atoms with Crippen molar-refractivity contribution >= 4 is 29.2 Å². The van der Waals surface area contributed by atoms with E-state index in [9.17, 15) is 0 Å². The van der Waals surface area contributed by atoms with E-state index in [0.717, 1.165) is 41.9 Å². The number of anilines is 1.